The normalized spacial score (nSPS) is 12.3. The molecule has 15 heavy (non-hydrogen) atoms. The zero-order chi connectivity index (χ0) is 11.4. The van der Waals surface area contributed by atoms with Crippen LogP contribution in [-0.4, -0.2) is 18.2 Å². The highest BCUT2D eigenvalue weighted by Crippen LogP contribution is 2.21. The van der Waals surface area contributed by atoms with Crippen LogP contribution < -0.4 is 0 Å². The first-order valence-corrected chi connectivity index (χ1v) is 4.24. The monoisotopic (exact) mass is 216 g/mol. The highest BCUT2D eigenvalue weighted by Gasteiger charge is 2.17. The molecule has 0 bridgehead atoms. The van der Waals surface area contributed by atoms with Gasteiger partial charge in [-0.15, -0.1) is 0 Å². The second-order valence-electron chi connectivity index (χ2n) is 2.96. The molecule has 5 heteroatoms. The lowest BCUT2D eigenvalue weighted by Crippen LogP contribution is -2.09. The van der Waals surface area contributed by atoms with Crippen LogP contribution in [0.3, 0.4) is 0 Å². The van der Waals surface area contributed by atoms with Gasteiger partial charge in [0.15, 0.2) is 0 Å². The number of methoxy groups -OCH3 is 1. The summed E-state index contributed by atoms with van der Waals surface area (Å²) in [4.78, 5) is 10.8. The average molecular weight is 216 g/mol. The fraction of sp³-hybridized carbons (Fsp3) is 0.300. The van der Waals surface area contributed by atoms with Crippen molar-refractivity contribution in [2.75, 3.05) is 7.11 Å². The van der Waals surface area contributed by atoms with Crippen LogP contribution in [0.25, 0.3) is 0 Å². The Morgan fingerprint density at radius 3 is 2.80 bits per heavy atom. The van der Waals surface area contributed by atoms with E-state index in [1.807, 2.05) is 0 Å². The van der Waals surface area contributed by atoms with E-state index < -0.39 is 30.1 Å². The van der Waals surface area contributed by atoms with Gasteiger partial charge in [0.25, 0.3) is 0 Å². The molecule has 0 amide bonds. The molecule has 0 unspecified atom stereocenters. The molecule has 1 N–H and O–H groups in total. The molecule has 1 rings (SSSR count). The molecular formula is C10H10F2O3. The smallest absolute Gasteiger partial charge is 0.308 e. The number of ether oxygens (including phenoxy) is 1. The molecule has 1 atom stereocenters. The van der Waals surface area contributed by atoms with Gasteiger partial charge in [0.2, 0.25) is 0 Å². The molecule has 0 aliphatic heterocycles. The Hall–Kier alpha value is -1.49. The van der Waals surface area contributed by atoms with E-state index in [9.17, 15) is 18.7 Å². The second kappa shape index (κ2) is 4.84. The van der Waals surface area contributed by atoms with Crippen molar-refractivity contribution in [3.63, 3.8) is 0 Å². The zero-order valence-electron chi connectivity index (χ0n) is 8.04. The van der Waals surface area contributed by atoms with Crippen LogP contribution >= 0.6 is 0 Å². The zero-order valence-corrected chi connectivity index (χ0v) is 8.04. The maximum atomic E-state index is 13.1. The van der Waals surface area contributed by atoms with Gasteiger partial charge in [-0.05, 0) is 18.2 Å². The van der Waals surface area contributed by atoms with Crippen molar-refractivity contribution in [2.24, 2.45) is 0 Å². The predicted molar refractivity (Wildman–Crippen MR) is 48.0 cm³/mol. The van der Waals surface area contributed by atoms with E-state index in [1.165, 1.54) is 0 Å². The molecule has 0 saturated heterocycles. The molecule has 3 nitrogen and oxygen atoms in total. The summed E-state index contributed by atoms with van der Waals surface area (Å²) < 4.78 is 30.1. The lowest BCUT2D eigenvalue weighted by molar-refractivity contribution is -0.142. The van der Waals surface area contributed by atoms with Crippen LogP contribution in [0, 0.1) is 11.6 Å². The molecule has 82 valence electrons. The molecule has 0 heterocycles. The van der Waals surface area contributed by atoms with Gasteiger partial charge in [-0.2, -0.15) is 0 Å². The predicted octanol–water partition coefficient (Wildman–Crippen LogP) is 1.56. The number of carbonyl (C=O) groups is 1. The number of aliphatic hydroxyl groups is 1. The first-order chi connectivity index (χ1) is 7.04. The molecule has 0 radical (unpaired) electrons. The lowest BCUT2D eigenvalue weighted by atomic mass is 10.1. The first-order valence-electron chi connectivity index (χ1n) is 4.24. The second-order valence-corrected chi connectivity index (χ2v) is 2.96. The Morgan fingerprint density at radius 2 is 2.20 bits per heavy atom. The summed E-state index contributed by atoms with van der Waals surface area (Å²) in [5, 5.41) is 9.42. The highest BCUT2D eigenvalue weighted by molar-refractivity contribution is 5.70. The number of aliphatic hydroxyl groups excluding tert-OH is 1. The van der Waals surface area contributed by atoms with Gasteiger partial charge in [0, 0.05) is 5.56 Å². The largest absolute Gasteiger partial charge is 0.469 e. The maximum Gasteiger partial charge on any atom is 0.308 e. The van der Waals surface area contributed by atoms with Gasteiger partial charge in [0.05, 0.1) is 19.6 Å². The van der Waals surface area contributed by atoms with E-state index >= 15 is 0 Å². The van der Waals surface area contributed by atoms with Gasteiger partial charge in [0.1, 0.15) is 11.6 Å². The van der Waals surface area contributed by atoms with Gasteiger partial charge < -0.3 is 9.84 Å². The van der Waals surface area contributed by atoms with Gasteiger partial charge in [-0.1, -0.05) is 0 Å². The SMILES string of the molecule is COC(=O)C[C@H](O)c1cc(F)ccc1F. The molecule has 0 fully saturated rings. The summed E-state index contributed by atoms with van der Waals surface area (Å²) in [5.41, 5.74) is -0.250. The van der Waals surface area contributed by atoms with E-state index in [2.05, 4.69) is 4.74 Å². The van der Waals surface area contributed by atoms with Crippen molar-refractivity contribution in [1.29, 1.82) is 0 Å². The minimum Gasteiger partial charge on any atom is -0.469 e. The number of hydrogen-bond acceptors (Lipinski definition) is 3. The first kappa shape index (κ1) is 11.6. The van der Waals surface area contributed by atoms with E-state index in [0.717, 1.165) is 25.3 Å². The Labute approximate surface area is 85.3 Å². The molecule has 0 aliphatic carbocycles. The molecular weight excluding hydrogens is 206 g/mol. The molecule has 0 aliphatic rings. The van der Waals surface area contributed by atoms with Crippen molar-refractivity contribution in [3.8, 4) is 0 Å². The number of carbonyl (C=O) groups excluding carboxylic acids is 1. The summed E-state index contributed by atoms with van der Waals surface area (Å²) >= 11 is 0. The Balaban J connectivity index is 2.85. The van der Waals surface area contributed by atoms with Crippen molar-refractivity contribution in [1.82, 2.24) is 0 Å². The van der Waals surface area contributed by atoms with Crippen LogP contribution in [-0.2, 0) is 9.53 Å². The topological polar surface area (TPSA) is 46.5 Å². The van der Waals surface area contributed by atoms with Crippen molar-refractivity contribution in [2.45, 2.75) is 12.5 Å². The Morgan fingerprint density at radius 1 is 1.53 bits per heavy atom. The summed E-state index contributed by atoms with van der Waals surface area (Å²) in [5.74, 6) is -2.12. The van der Waals surface area contributed by atoms with Crippen LogP contribution in [0.5, 0.6) is 0 Å². The Kier molecular flexibility index (Phi) is 3.74. The average Bonchev–Trinajstić information content (AvgIpc) is 2.21. The van der Waals surface area contributed by atoms with Crippen LogP contribution in [0.4, 0.5) is 8.78 Å². The standard InChI is InChI=1S/C10H10F2O3/c1-15-10(14)5-9(13)7-4-6(11)2-3-8(7)12/h2-4,9,13H,5H2,1H3/t9-/m0/s1. The number of esters is 1. The maximum absolute atomic E-state index is 13.1. The van der Waals surface area contributed by atoms with Crippen molar-refractivity contribution < 1.29 is 23.4 Å². The quantitative estimate of drug-likeness (QED) is 0.780. The van der Waals surface area contributed by atoms with Gasteiger partial charge >= 0.3 is 5.97 Å². The lowest BCUT2D eigenvalue weighted by Gasteiger charge is -2.10. The van der Waals surface area contributed by atoms with Gasteiger partial charge in [-0.3, -0.25) is 4.79 Å². The number of hydrogen-bond donors (Lipinski definition) is 1. The third kappa shape index (κ3) is 2.99. The van der Waals surface area contributed by atoms with E-state index in [1.54, 1.807) is 0 Å². The van der Waals surface area contributed by atoms with E-state index in [0.29, 0.717) is 0 Å². The number of halogens is 2. The molecule has 1 aromatic rings. The summed E-state index contributed by atoms with van der Waals surface area (Å²) in [7, 11) is 1.15. The van der Waals surface area contributed by atoms with Crippen LogP contribution in [0.2, 0.25) is 0 Å². The van der Waals surface area contributed by atoms with E-state index in [4.69, 9.17) is 0 Å². The fourth-order valence-electron chi connectivity index (χ4n) is 1.12. The summed E-state index contributed by atoms with van der Waals surface area (Å²) in [6.45, 7) is 0. The molecule has 0 saturated carbocycles. The van der Waals surface area contributed by atoms with Crippen molar-refractivity contribution >= 4 is 5.97 Å². The number of benzene rings is 1. The molecule has 0 aromatic heterocycles. The highest BCUT2D eigenvalue weighted by atomic mass is 19.1. The van der Waals surface area contributed by atoms with E-state index in [-0.39, 0.29) is 5.56 Å². The third-order valence-electron chi connectivity index (χ3n) is 1.90. The minimum absolute atomic E-state index is 0.250. The summed E-state index contributed by atoms with van der Waals surface area (Å²) in [6.07, 6.45) is -1.80. The minimum atomic E-state index is -1.40. The summed E-state index contributed by atoms with van der Waals surface area (Å²) in [6, 6.07) is 2.68. The third-order valence-corrected chi connectivity index (χ3v) is 1.90. The Bertz CT molecular complexity index is 366. The van der Waals surface area contributed by atoms with Crippen LogP contribution in [0.15, 0.2) is 18.2 Å². The molecule has 1 aromatic carbocycles. The fourth-order valence-corrected chi connectivity index (χ4v) is 1.12. The van der Waals surface area contributed by atoms with Gasteiger partial charge in [-0.25, -0.2) is 8.78 Å². The van der Waals surface area contributed by atoms with Crippen LogP contribution in [0.1, 0.15) is 18.1 Å². The van der Waals surface area contributed by atoms with Crippen molar-refractivity contribution in [3.05, 3.63) is 35.4 Å². The number of rotatable bonds is 3. The molecule has 0 spiro atoms.